The first-order valence-corrected chi connectivity index (χ1v) is 9.26. The number of hydrogen-bond acceptors (Lipinski definition) is 4. The molecule has 5 nitrogen and oxygen atoms in total. The average Bonchev–Trinajstić information content (AvgIpc) is 2.58. The highest BCUT2D eigenvalue weighted by atomic mass is 32.2. The van der Waals surface area contributed by atoms with E-state index in [0.717, 1.165) is 5.56 Å². The van der Waals surface area contributed by atoms with Crippen LogP contribution in [0.5, 0.6) is 0 Å². The van der Waals surface area contributed by atoms with Crippen molar-refractivity contribution in [2.75, 3.05) is 32.9 Å². The monoisotopic (exact) mass is 324 g/mol. The Morgan fingerprint density at radius 2 is 1.95 bits per heavy atom. The van der Waals surface area contributed by atoms with E-state index in [1.165, 1.54) is 0 Å². The molecule has 0 bridgehead atoms. The smallest absolute Gasteiger partial charge is 0.254 e. The lowest BCUT2D eigenvalue weighted by molar-refractivity contribution is 0.0765. The zero-order chi connectivity index (χ0) is 16.3. The molecule has 1 amide bonds. The molecule has 1 aliphatic heterocycles. The Bertz CT molecular complexity index is 641. The van der Waals surface area contributed by atoms with E-state index in [0.29, 0.717) is 25.1 Å². The maximum Gasteiger partial charge on any atom is 0.254 e. The summed E-state index contributed by atoms with van der Waals surface area (Å²) in [5.74, 6) is -0.0165. The summed E-state index contributed by atoms with van der Waals surface area (Å²) in [6.07, 6.45) is 0.504. The number of amides is 1. The van der Waals surface area contributed by atoms with Crippen LogP contribution >= 0.6 is 0 Å². The van der Waals surface area contributed by atoms with E-state index in [4.69, 9.17) is 0 Å². The van der Waals surface area contributed by atoms with Crippen molar-refractivity contribution >= 4 is 15.7 Å². The van der Waals surface area contributed by atoms with Gasteiger partial charge in [0.25, 0.3) is 5.91 Å². The standard InChI is InChI=1S/C16H24N2O3S/c1-13-8-9-18(10-11-22(13,20)21)16(19)15-7-5-4-6-14(15)12-17(2)3/h4-7,13H,8-12H2,1-3H3. The fraction of sp³-hybridized carbons (Fsp3) is 0.562. The summed E-state index contributed by atoms with van der Waals surface area (Å²) in [6.45, 7) is 3.19. The van der Waals surface area contributed by atoms with Gasteiger partial charge in [0.2, 0.25) is 0 Å². The molecule has 0 radical (unpaired) electrons. The molecule has 0 saturated carbocycles. The highest BCUT2D eigenvalue weighted by Crippen LogP contribution is 2.18. The Balaban J connectivity index is 2.22. The predicted molar refractivity (Wildman–Crippen MR) is 87.6 cm³/mol. The Morgan fingerprint density at radius 1 is 1.27 bits per heavy atom. The van der Waals surface area contributed by atoms with Crippen molar-refractivity contribution in [3.8, 4) is 0 Å². The molecule has 1 unspecified atom stereocenters. The van der Waals surface area contributed by atoms with Crippen molar-refractivity contribution in [1.29, 1.82) is 0 Å². The van der Waals surface area contributed by atoms with E-state index >= 15 is 0 Å². The minimum absolute atomic E-state index is 0.0513. The van der Waals surface area contributed by atoms with Crippen LogP contribution in [0, 0.1) is 0 Å². The maximum absolute atomic E-state index is 12.8. The van der Waals surface area contributed by atoms with E-state index in [1.54, 1.807) is 11.8 Å². The second kappa shape index (κ2) is 6.79. The van der Waals surface area contributed by atoms with Gasteiger partial charge in [0, 0.05) is 25.2 Å². The summed E-state index contributed by atoms with van der Waals surface area (Å²) in [5, 5.41) is -0.373. The summed E-state index contributed by atoms with van der Waals surface area (Å²) in [5.41, 5.74) is 1.64. The lowest BCUT2D eigenvalue weighted by atomic mass is 10.1. The van der Waals surface area contributed by atoms with Gasteiger partial charge in [-0.05, 0) is 39.1 Å². The predicted octanol–water partition coefficient (Wildman–Crippen LogP) is 1.40. The molecule has 1 atom stereocenters. The zero-order valence-corrected chi connectivity index (χ0v) is 14.3. The highest BCUT2D eigenvalue weighted by Gasteiger charge is 2.29. The van der Waals surface area contributed by atoms with Gasteiger partial charge in [-0.3, -0.25) is 4.79 Å². The van der Waals surface area contributed by atoms with E-state index in [1.807, 2.05) is 43.3 Å². The summed E-state index contributed by atoms with van der Waals surface area (Å²) < 4.78 is 23.9. The summed E-state index contributed by atoms with van der Waals surface area (Å²) in [7, 11) is 0.842. The van der Waals surface area contributed by atoms with Crippen molar-refractivity contribution in [1.82, 2.24) is 9.80 Å². The van der Waals surface area contributed by atoms with Gasteiger partial charge in [-0.1, -0.05) is 18.2 Å². The second-order valence-corrected chi connectivity index (χ2v) is 8.69. The van der Waals surface area contributed by atoms with Crippen LogP contribution in [0.25, 0.3) is 0 Å². The molecule has 1 aromatic rings. The topological polar surface area (TPSA) is 57.7 Å². The molecular weight excluding hydrogens is 300 g/mol. The molecule has 6 heteroatoms. The molecule has 0 aromatic heterocycles. The lowest BCUT2D eigenvalue weighted by Gasteiger charge is -2.22. The van der Waals surface area contributed by atoms with Gasteiger partial charge >= 0.3 is 0 Å². The second-order valence-electron chi connectivity index (χ2n) is 6.15. The zero-order valence-electron chi connectivity index (χ0n) is 13.4. The molecule has 0 aliphatic carbocycles. The van der Waals surface area contributed by atoms with Gasteiger partial charge in [0.05, 0.1) is 11.0 Å². The van der Waals surface area contributed by atoms with Crippen molar-refractivity contribution in [3.05, 3.63) is 35.4 Å². The fourth-order valence-corrected chi connectivity index (χ4v) is 3.99. The third-order valence-electron chi connectivity index (χ3n) is 4.09. The quantitative estimate of drug-likeness (QED) is 0.843. The number of benzene rings is 1. The molecule has 1 aromatic carbocycles. The maximum atomic E-state index is 12.8. The van der Waals surface area contributed by atoms with E-state index < -0.39 is 9.84 Å². The molecule has 22 heavy (non-hydrogen) atoms. The highest BCUT2D eigenvalue weighted by molar-refractivity contribution is 7.92. The van der Waals surface area contributed by atoms with Gasteiger partial charge in [0.15, 0.2) is 9.84 Å². The van der Waals surface area contributed by atoms with Gasteiger partial charge in [-0.15, -0.1) is 0 Å². The normalized spacial score (nSPS) is 21.6. The van der Waals surface area contributed by atoms with Crippen molar-refractivity contribution < 1.29 is 13.2 Å². The molecule has 1 saturated heterocycles. The first-order valence-electron chi connectivity index (χ1n) is 7.55. The first-order chi connectivity index (χ1) is 10.3. The fourth-order valence-electron chi connectivity index (χ4n) is 2.65. The number of carbonyl (C=O) groups is 1. The SMILES string of the molecule is CC1CCN(C(=O)c2ccccc2CN(C)C)CCS1(=O)=O. The number of rotatable bonds is 3. The Labute approximate surface area is 132 Å². The molecule has 1 heterocycles. The van der Waals surface area contributed by atoms with Gasteiger partial charge in [-0.25, -0.2) is 8.42 Å². The van der Waals surface area contributed by atoms with Crippen LogP contribution in [0.3, 0.4) is 0 Å². The Hall–Kier alpha value is -1.40. The van der Waals surface area contributed by atoms with Crippen molar-refractivity contribution in [2.24, 2.45) is 0 Å². The Morgan fingerprint density at radius 3 is 2.64 bits per heavy atom. The van der Waals surface area contributed by atoms with Crippen LogP contribution in [0.15, 0.2) is 24.3 Å². The molecule has 122 valence electrons. The van der Waals surface area contributed by atoms with Gasteiger partial charge in [-0.2, -0.15) is 0 Å². The van der Waals surface area contributed by atoms with Crippen LogP contribution in [0.1, 0.15) is 29.3 Å². The van der Waals surface area contributed by atoms with Crippen molar-refractivity contribution in [3.63, 3.8) is 0 Å². The molecule has 1 fully saturated rings. The molecule has 0 spiro atoms. The summed E-state index contributed by atoms with van der Waals surface area (Å²) in [6, 6.07) is 7.54. The molecule has 2 rings (SSSR count). The van der Waals surface area contributed by atoms with Gasteiger partial charge < -0.3 is 9.80 Å². The molecule has 0 N–H and O–H groups in total. The van der Waals surface area contributed by atoms with Crippen LogP contribution in [-0.2, 0) is 16.4 Å². The number of hydrogen-bond donors (Lipinski definition) is 0. The number of nitrogens with zero attached hydrogens (tertiary/aromatic N) is 2. The third kappa shape index (κ3) is 3.87. The van der Waals surface area contributed by atoms with Crippen LogP contribution in [-0.4, -0.2) is 62.3 Å². The average molecular weight is 324 g/mol. The minimum atomic E-state index is -3.08. The molecular formula is C16H24N2O3S. The molecule has 1 aliphatic rings. The van der Waals surface area contributed by atoms with E-state index in [2.05, 4.69) is 0 Å². The van der Waals surface area contributed by atoms with Crippen LogP contribution < -0.4 is 0 Å². The third-order valence-corrected chi connectivity index (χ3v) is 6.30. The summed E-state index contributed by atoms with van der Waals surface area (Å²) in [4.78, 5) is 16.5. The lowest BCUT2D eigenvalue weighted by Crippen LogP contribution is -2.34. The van der Waals surface area contributed by atoms with Crippen molar-refractivity contribution in [2.45, 2.75) is 25.1 Å². The van der Waals surface area contributed by atoms with Crippen LogP contribution in [0.2, 0.25) is 0 Å². The minimum Gasteiger partial charge on any atom is -0.338 e. The van der Waals surface area contributed by atoms with Crippen LogP contribution in [0.4, 0.5) is 0 Å². The summed E-state index contributed by atoms with van der Waals surface area (Å²) >= 11 is 0. The van der Waals surface area contributed by atoms with E-state index in [-0.39, 0.29) is 23.5 Å². The Kier molecular flexibility index (Phi) is 5.24. The van der Waals surface area contributed by atoms with E-state index in [9.17, 15) is 13.2 Å². The first kappa shape index (κ1) is 17.0. The van der Waals surface area contributed by atoms with Gasteiger partial charge in [0.1, 0.15) is 0 Å². The number of carbonyl (C=O) groups excluding carboxylic acids is 1. The largest absolute Gasteiger partial charge is 0.338 e. The number of sulfone groups is 1.